The molecule has 4 rings (SSSR count). The molecule has 1 atom stereocenters. The van der Waals surface area contributed by atoms with E-state index in [-0.39, 0.29) is 36.8 Å². The minimum atomic E-state index is -0.558. The maximum Gasteiger partial charge on any atom is 0.409 e. The van der Waals surface area contributed by atoms with Crippen LogP contribution >= 0.6 is 0 Å². The Morgan fingerprint density at radius 1 is 1.07 bits per heavy atom. The second-order valence-electron chi connectivity index (χ2n) is 9.70. The second kappa shape index (κ2) is 13.6. The molecule has 1 unspecified atom stereocenters. The highest BCUT2D eigenvalue weighted by atomic mass is 16.6. The van der Waals surface area contributed by atoms with Crippen molar-refractivity contribution >= 4 is 34.7 Å². The lowest BCUT2D eigenvalue weighted by atomic mass is 10.1. The third-order valence-corrected chi connectivity index (χ3v) is 7.00. The Morgan fingerprint density at radius 3 is 2.58 bits per heavy atom. The standard InChI is InChI=1S/C28H34N6O6/c1-2-3-15-39-28(38)33-13-11-32(12-14-33)25(35)18-30-27(37)23-16-24(21-8-4-5-9-22(21)31-23)40-19-26(36)34-10-6-7-20(34)17-29/h4-5,8-9,16,20H,2-3,6-7,10-15,18-19H2,1H3,(H,30,37). The number of nitriles is 1. The number of pyridine rings is 1. The molecule has 0 aliphatic carbocycles. The summed E-state index contributed by atoms with van der Waals surface area (Å²) in [6.07, 6.45) is 2.79. The van der Waals surface area contributed by atoms with E-state index in [0.29, 0.717) is 62.4 Å². The summed E-state index contributed by atoms with van der Waals surface area (Å²) in [4.78, 5) is 59.5. The third-order valence-electron chi connectivity index (χ3n) is 7.00. The van der Waals surface area contributed by atoms with E-state index in [0.717, 1.165) is 19.3 Å². The first-order chi connectivity index (χ1) is 19.4. The second-order valence-corrected chi connectivity index (χ2v) is 9.70. The summed E-state index contributed by atoms with van der Waals surface area (Å²) in [5, 5.41) is 12.5. The molecule has 1 aromatic heterocycles. The number of para-hydroxylation sites is 1. The molecule has 212 valence electrons. The van der Waals surface area contributed by atoms with Crippen LogP contribution in [0.3, 0.4) is 0 Å². The van der Waals surface area contributed by atoms with E-state index in [1.54, 1.807) is 34.1 Å². The third kappa shape index (κ3) is 6.97. The number of benzene rings is 1. The lowest BCUT2D eigenvalue weighted by molar-refractivity contribution is -0.133. The van der Waals surface area contributed by atoms with Gasteiger partial charge in [0, 0.05) is 44.2 Å². The van der Waals surface area contributed by atoms with E-state index >= 15 is 0 Å². The predicted octanol–water partition coefficient (Wildman–Crippen LogP) is 1.94. The highest BCUT2D eigenvalue weighted by Gasteiger charge is 2.29. The van der Waals surface area contributed by atoms with Crippen molar-refractivity contribution < 1.29 is 28.7 Å². The smallest absolute Gasteiger partial charge is 0.409 e. The Labute approximate surface area is 232 Å². The van der Waals surface area contributed by atoms with Gasteiger partial charge in [-0.25, -0.2) is 9.78 Å². The minimum absolute atomic E-state index is 0.0460. The van der Waals surface area contributed by atoms with Gasteiger partial charge in [0.15, 0.2) is 6.61 Å². The summed E-state index contributed by atoms with van der Waals surface area (Å²) in [5.41, 5.74) is 0.548. The molecule has 0 bridgehead atoms. The van der Waals surface area contributed by atoms with Gasteiger partial charge in [0.25, 0.3) is 11.8 Å². The molecule has 12 nitrogen and oxygen atoms in total. The van der Waals surface area contributed by atoms with E-state index in [2.05, 4.69) is 16.4 Å². The van der Waals surface area contributed by atoms with Crippen LogP contribution in [0.2, 0.25) is 0 Å². The number of rotatable bonds is 9. The molecule has 0 spiro atoms. The number of fused-ring (bicyclic) bond motifs is 1. The Hall–Kier alpha value is -4.40. The first-order valence-corrected chi connectivity index (χ1v) is 13.6. The number of nitrogens with one attached hydrogen (secondary N) is 1. The van der Waals surface area contributed by atoms with Crippen LogP contribution < -0.4 is 10.1 Å². The van der Waals surface area contributed by atoms with Crippen LogP contribution in [0.15, 0.2) is 30.3 Å². The van der Waals surface area contributed by atoms with E-state index in [9.17, 15) is 24.4 Å². The first kappa shape index (κ1) is 28.6. The number of piperazine rings is 1. The van der Waals surface area contributed by atoms with Gasteiger partial charge in [0.05, 0.1) is 24.7 Å². The molecule has 2 aliphatic rings. The van der Waals surface area contributed by atoms with Crippen LogP contribution in [-0.2, 0) is 14.3 Å². The number of hydrogen-bond donors (Lipinski definition) is 1. The molecule has 2 aromatic rings. The number of ether oxygens (including phenoxy) is 2. The number of carbonyl (C=O) groups is 4. The maximum absolute atomic E-state index is 12.9. The van der Waals surface area contributed by atoms with Gasteiger partial charge in [-0.2, -0.15) is 5.26 Å². The monoisotopic (exact) mass is 550 g/mol. The molecule has 40 heavy (non-hydrogen) atoms. The summed E-state index contributed by atoms with van der Waals surface area (Å²) in [7, 11) is 0. The zero-order chi connectivity index (χ0) is 28.5. The lowest BCUT2D eigenvalue weighted by Gasteiger charge is -2.34. The van der Waals surface area contributed by atoms with Crippen molar-refractivity contribution in [1.82, 2.24) is 25.0 Å². The zero-order valence-corrected chi connectivity index (χ0v) is 22.6. The van der Waals surface area contributed by atoms with Gasteiger partial charge in [-0.1, -0.05) is 25.5 Å². The summed E-state index contributed by atoms with van der Waals surface area (Å²) < 4.78 is 11.0. The molecular weight excluding hydrogens is 516 g/mol. The fraction of sp³-hybridized carbons (Fsp3) is 0.500. The Balaban J connectivity index is 1.33. The van der Waals surface area contributed by atoms with Crippen LogP contribution in [0.1, 0.15) is 43.1 Å². The fourth-order valence-electron chi connectivity index (χ4n) is 4.69. The van der Waals surface area contributed by atoms with Crippen LogP contribution in [0.4, 0.5) is 4.79 Å². The Kier molecular flexibility index (Phi) is 9.72. The van der Waals surface area contributed by atoms with E-state index in [4.69, 9.17) is 9.47 Å². The fourth-order valence-corrected chi connectivity index (χ4v) is 4.69. The number of aromatic nitrogens is 1. The number of nitrogens with zero attached hydrogens (tertiary/aromatic N) is 5. The SMILES string of the molecule is CCCCOC(=O)N1CCN(C(=O)CNC(=O)c2cc(OCC(=O)N3CCCC3C#N)c3ccccc3n2)CC1. The number of carbonyl (C=O) groups excluding carboxylic acids is 4. The van der Waals surface area contributed by atoms with E-state index < -0.39 is 11.9 Å². The summed E-state index contributed by atoms with van der Waals surface area (Å²) in [6.45, 7) is 3.83. The maximum atomic E-state index is 12.9. The molecule has 12 heteroatoms. The van der Waals surface area contributed by atoms with E-state index in [1.807, 2.05) is 6.92 Å². The first-order valence-electron chi connectivity index (χ1n) is 13.6. The number of hydrogen-bond acceptors (Lipinski definition) is 8. The Morgan fingerprint density at radius 2 is 1.82 bits per heavy atom. The molecule has 1 aromatic carbocycles. The Bertz CT molecular complexity index is 1290. The van der Waals surface area contributed by atoms with Crippen molar-refractivity contribution in [2.45, 2.75) is 38.6 Å². The molecule has 2 aliphatic heterocycles. The van der Waals surface area contributed by atoms with Gasteiger partial charge in [-0.05, 0) is 31.4 Å². The van der Waals surface area contributed by atoms with Crippen LogP contribution in [0.25, 0.3) is 10.9 Å². The molecular formula is C28H34N6O6. The lowest BCUT2D eigenvalue weighted by Crippen LogP contribution is -2.52. The highest BCUT2D eigenvalue weighted by Crippen LogP contribution is 2.26. The summed E-state index contributed by atoms with van der Waals surface area (Å²) in [6, 6.07) is 10.2. The van der Waals surface area contributed by atoms with Gasteiger partial charge >= 0.3 is 6.09 Å². The van der Waals surface area contributed by atoms with Crippen molar-refractivity contribution in [2.75, 3.05) is 52.5 Å². The molecule has 3 heterocycles. The van der Waals surface area contributed by atoms with Gasteiger partial charge in [-0.3, -0.25) is 14.4 Å². The van der Waals surface area contributed by atoms with Crippen molar-refractivity contribution in [2.24, 2.45) is 0 Å². The molecule has 2 fully saturated rings. The largest absolute Gasteiger partial charge is 0.483 e. The average Bonchev–Trinajstić information content (AvgIpc) is 3.47. The minimum Gasteiger partial charge on any atom is -0.483 e. The van der Waals surface area contributed by atoms with Gasteiger partial charge < -0.3 is 29.5 Å². The summed E-state index contributed by atoms with van der Waals surface area (Å²) in [5.74, 6) is -0.814. The van der Waals surface area contributed by atoms with E-state index in [1.165, 1.54) is 11.0 Å². The molecule has 4 amide bonds. The van der Waals surface area contributed by atoms with Crippen molar-refractivity contribution in [3.63, 3.8) is 0 Å². The summed E-state index contributed by atoms with van der Waals surface area (Å²) >= 11 is 0. The topological polar surface area (TPSA) is 145 Å². The number of likely N-dealkylation sites (tertiary alicyclic amines) is 1. The van der Waals surface area contributed by atoms with Gasteiger partial charge in [-0.15, -0.1) is 0 Å². The quantitative estimate of drug-likeness (QED) is 0.466. The van der Waals surface area contributed by atoms with Crippen LogP contribution in [0, 0.1) is 11.3 Å². The molecule has 1 N–H and O–H groups in total. The number of unbranched alkanes of at least 4 members (excludes halogenated alkanes) is 1. The van der Waals surface area contributed by atoms with Crippen molar-refractivity contribution in [3.8, 4) is 11.8 Å². The molecule has 0 saturated carbocycles. The van der Waals surface area contributed by atoms with Gasteiger partial charge in [0.2, 0.25) is 5.91 Å². The van der Waals surface area contributed by atoms with Crippen LogP contribution in [-0.4, -0.2) is 102 Å². The highest BCUT2D eigenvalue weighted by molar-refractivity contribution is 5.98. The molecule has 2 saturated heterocycles. The van der Waals surface area contributed by atoms with Crippen molar-refractivity contribution in [1.29, 1.82) is 5.26 Å². The van der Waals surface area contributed by atoms with Gasteiger partial charge in [0.1, 0.15) is 17.5 Å². The predicted molar refractivity (Wildman–Crippen MR) is 144 cm³/mol. The normalized spacial score (nSPS) is 16.9. The van der Waals surface area contributed by atoms with Crippen molar-refractivity contribution in [3.05, 3.63) is 36.0 Å². The molecule has 0 radical (unpaired) electrons. The average molecular weight is 551 g/mol. The van der Waals surface area contributed by atoms with Crippen LogP contribution in [0.5, 0.6) is 5.75 Å². The zero-order valence-electron chi connectivity index (χ0n) is 22.6. The number of amides is 4.